The molecule has 3 amide bonds. The van der Waals surface area contributed by atoms with E-state index >= 15 is 0 Å². The molecule has 2 aromatic rings. The van der Waals surface area contributed by atoms with Gasteiger partial charge >= 0.3 is 11.8 Å². The van der Waals surface area contributed by atoms with E-state index in [1.54, 1.807) is 24.3 Å². The van der Waals surface area contributed by atoms with E-state index in [4.69, 9.17) is 0 Å². The van der Waals surface area contributed by atoms with E-state index in [0.29, 0.717) is 11.4 Å². The monoisotopic (exact) mass is 355 g/mol. The van der Waals surface area contributed by atoms with Crippen LogP contribution in [0.1, 0.15) is 12.5 Å². The van der Waals surface area contributed by atoms with Crippen LogP contribution in [0.15, 0.2) is 54.6 Å². The van der Waals surface area contributed by atoms with Gasteiger partial charge < -0.3 is 20.6 Å². The van der Waals surface area contributed by atoms with Crippen LogP contribution >= 0.6 is 0 Å². The molecule has 0 aliphatic heterocycles. The van der Waals surface area contributed by atoms with Crippen LogP contribution in [0.4, 0.5) is 11.4 Å². The third-order valence-electron chi connectivity index (χ3n) is 3.53. The largest absolute Gasteiger partial charge is 0.395 e. The van der Waals surface area contributed by atoms with Gasteiger partial charge in [-0.05, 0) is 29.8 Å². The maximum absolute atomic E-state index is 12.4. The van der Waals surface area contributed by atoms with Gasteiger partial charge in [0.25, 0.3) is 0 Å². The van der Waals surface area contributed by atoms with E-state index < -0.39 is 11.8 Å². The average Bonchev–Trinajstić information content (AvgIpc) is 2.63. The second-order valence-electron chi connectivity index (χ2n) is 5.65. The molecular formula is C19H21N3O4. The topological polar surface area (TPSA) is 98.7 Å². The van der Waals surface area contributed by atoms with E-state index in [-0.39, 0.29) is 25.6 Å². The lowest BCUT2D eigenvalue weighted by molar-refractivity contribution is -0.143. The minimum atomic E-state index is -0.790. The van der Waals surface area contributed by atoms with Crippen molar-refractivity contribution in [3.63, 3.8) is 0 Å². The number of nitrogens with one attached hydrogen (secondary N) is 2. The summed E-state index contributed by atoms with van der Waals surface area (Å²) in [6.45, 7) is 1.45. The molecule has 0 heterocycles. The Morgan fingerprint density at radius 1 is 0.923 bits per heavy atom. The zero-order valence-electron chi connectivity index (χ0n) is 14.4. The predicted octanol–water partition coefficient (Wildman–Crippen LogP) is 1.60. The van der Waals surface area contributed by atoms with Crippen LogP contribution in [0, 0.1) is 0 Å². The Labute approximate surface area is 151 Å². The van der Waals surface area contributed by atoms with Crippen LogP contribution in [0.2, 0.25) is 0 Å². The summed E-state index contributed by atoms with van der Waals surface area (Å²) in [5, 5.41) is 14.3. The summed E-state index contributed by atoms with van der Waals surface area (Å²) in [4.78, 5) is 36.9. The van der Waals surface area contributed by atoms with Crippen molar-refractivity contribution in [1.82, 2.24) is 4.90 Å². The number of carbonyl (C=O) groups is 3. The number of aliphatic hydroxyl groups excluding tert-OH is 1. The fraction of sp³-hybridized carbons (Fsp3) is 0.211. The van der Waals surface area contributed by atoms with Crippen molar-refractivity contribution < 1.29 is 19.5 Å². The van der Waals surface area contributed by atoms with Crippen molar-refractivity contribution in [2.45, 2.75) is 13.5 Å². The first kappa shape index (κ1) is 19.1. The molecule has 0 saturated heterocycles. The van der Waals surface area contributed by atoms with Crippen LogP contribution in [-0.2, 0) is 20.9 Å². The van der Waals surface area contributed by atoms with Gasteiger partial charge in [0, 0.05) is 31.4 Å². The Hall–Kier alpha value is -3.19. The van der Waals surface area contributed by atoms with E-state index in [2.05, 4.69) is 10.6 Å². The van der Waals surface area contributed by atoms with Crippen molar-refractivity contribution in [2.24, 2.45) is 0 Å². The minimum Gasteiger partial charge on any atom is -0.395 e. The Balaban J connectivity index is 2.01. The number of carbonyl (C=O) groups excluding carboxylic acids is 3. The van der Waals surface area contributed by atoms with Gasteiger partial charge in [0.15, 0.2) is 0 Å². The van der Waals surface area contributed by atoms with Crippen molar-refractivity contribution in [3.8, 4) is 0 Å². The molecule has 26 heavy (non-hydrogen) atoms. The third kappa shape index (κ3) is 5.71. The molecule has 0 bridgehead atoms. The van der Waals surface area contributed by atoms with E-state index in [0.717, 1.165) is 5.56 Å². The molecule has 0 fully saturated rings. The van der Waals surface area contributed by atoms with Gasteiger partial charge in [-0.25, -0.2) is 0 Å². The number of rotatable bonds is 6. The lowest BCUT2D eigenvalue weighted by Crippen LogP contribution is -2.40. The Morgan fingerprint density at radius 3 is 2.04 bits per heavy atom. The summed E-state index contributed by atoms with van der Waals surface area (Å²) in [5.41, 5.74) is 1.88. The lowest BCUT2D eigenvalue weighted by Gasteiger charge is -2.21. The first-order valence-electron chi connectivity index (χ1n) is 8.12. The predicted molar refractivity (Wildman–Crippen MR) is 98.3 cm³/mol. The van der Waals surface area contributed by atoms with Gasteiger partial charge in [0.2, 0.25) is 5.91 Å². The fourth-order valence-electron chi connectivity index (χ4n) is 2.35. The molecule has 0 aliphatic rings. The van der Waals surface area contributed by atoms with Crippen molar-refractivity contribution in [2.75, 3.05) is 23.8 Å². The molecular weight excluding hydrogens is 334 g/mol. The fourth-order valence-corrected chi connectivity index (χ4v) is 2.35. The first-order valence-corrected chi connectivity index (χ1v) is 8.12. The zero-order valence-corrected chi connectivity index (χ0v) is 14.4. The molecule has 2 aromatic carbocycles. The summed E-state index contributed by atoms with van der Waals surface area (Å²) < 4.78 is 0. The maximum Gasteiger partial charge on any atom is 0.313 e. The lowest BCUT2D eigenvalue weighted by atomic mass is 10.2. The van der Waals surface area contributed by atoms with Crippen molar-refractivity contribution >= 4 is 29.1 Å². The van der Waals surface area contributed by atoms with Gasteiger partial charge in [-0.15, -0.1) is 0 Å². The van der Waals surface area contributed by atoms with Crippen LogP contribution in [0.25, 0.3) is 0 Å². The molecule has 3 N–H and O–H groups in total. The maximum atomic E-state index is 12.4. The summed E-state index contributed by atoms with van der Waals surface area (Å²) in [5.74, 6) is -1.71. The number of aliphatic hydroxyl groups is 1. The van der Waals surface area contributed by atoms with E-state index in [1.807, 2.05) is 30.3 Å². The summed E-state index contributed by atoms with van der Waals surface area (Å²) in [6, 6.07) is 15.6. The van der Waals surface area contributed by atoms with Crippen LogP contribution in [0.3, 0.4) is 0 Å². The van der Waals surface area contributed by atoms with Crippen molar-refractivity contribution in [3.05, 3.63) is 60.2 Å². The first-order chi connectivity index (χ1) is 12.5. The molecule has 0 saturated carbocycles. The standard InChI is InChI=1S/C19H21N3O4/c1-14(24)20-16-7-9-17(10-8-16)21-18(25)19(26)22(11-12-23)13-15-5-3-2-4-6-15/h2-10,23H,11-13H2,1H3,(H,20,24)(H,21,25). The Bertz CT molecular complexity index is 760. The number of nitrogens with zero attached hydrogens (tertiary/aromatic N) is 1. The summed E-state index contributed by atoms with van der Waals surface area (Å²) in [7, 11) is 0. The highest BCUT2D eigenvalue weighted by molar-refractivity contribution is 6.39. The van der Waals surface area contributed by atoms with Gasteiger partial charge in [0.05, 0.1) is 6.61 Å². The van der Waals surface area contributed by atoms with E-state index in [9.17, 15) is 19.5 Å². The molecule has 0 radical (unpaired) electrons. The molecule has 136 valence electrons. The number of hydrogen-bond donors (Lipinski definition) is 3. The molecule has 0 aliphatic carbocycles. The SMILES string of the molecule is CC(=O)Nc1ccc(NC(=O)C(=O)N(CCO)Cc2ccccc2)cc1. The zero-order chi connectivity index (χ0) is 18.9. The minimum absolute atomic E-state index is 0.0582. The van der Waals surface area contributed by atoms with Gasteiger partial charge in [0.1, 0.15) is 0 Å². The Kier molecular flexibility index (Phi) is 6.87. The Morgan fingerprint density at radius 2 is 1.50 bits per heavy atom. The number of benzene rings is 2. The van der Waals surface area contributed by atoms with Crippen LogP contribution < -0.4 is 10.6 Å². The number of hydrogen-bond acceptors (Lipinski definition) is 4. The number of amides is 3. The van der Waals surface area contributed by atoms with Gasteiger partial charge in [-0.2, -0.15) is 0 Å². The molecule has 0 atom stereocenters. The highest BCUT2D eigenvalue weighted by Crippen LogP contribution is 2.14. The average molecular weight is 355 g/mol. The highest BCUT2D eigenvalue weighted by atomic mass is 16.3. The molecule has 0 spiro atoms. The highest BCUT2D eigenvalue weighted by Gasteiger charge is 2.21. The molecule has 0 unspecified atom stereocenters. The normalized spacial score (nSPS) is 10.1. The van der Waals surface area contributed by atoms with E-state index in [1.165, 1.54) is 11.8 Å². The molecule has 7 heteroatoms. The smallest absolute Gasteiger partial charge is 0.313 e. The second kappa shape index (κ2) is 9.33. The van der Waals surface area contributed by atoms with Crippen molar-refractivity contribution in [1.29, 1.82) is 0 Å². The van der Waals surface area contributed by atoms with Gasteiger partial charge in [-0.3, -0.25) is 14.4 Å². The van der Waals surface area contributed by atoms with Crippen LogP contribution in [-0.4, -0.2) is 40.9 Å². The quantitative estimate of drug-likeness (QED) is 0.686. The molecule has 2 rings (SSSR count). The molecule has 7 nitrogen and oxygen atoms in total. The van der Waals surface area contributed by atoms with Gasteiger partial charge in [-0.1, -0.05) is 30.3 Å². The second-order valence-corrected chi connectivity index (χ2v) is 5.65. The molecule has 0 aromatic heterocycles. The summed E-state index contributed by atoms with van der Waals surface area (Å²) in [6.07, 6.45) is 0. The summed E-state index contributed by atoms with van der Waals surface area (Å²) >= 11 is 0. The number of anilines is 2. The third-order valence-corrected chi connectivity index (χ3v) is 3.53. The van der Waals surface area contributed by atoms with Crippen LogP contribution in [0.5, 0.6) is 0 Å².